The Morgan fingerprint density at radius 3 is 1.21 bits per heavy atom. The molecule has 0 heterocycles. The Bertz CT molecular complexity index is 889. The Kier molecular flexibility index (Phi) is 17.2. The van der Waals surface area contributed by atoms with Crippen LogP contribution in [0.5, 0.6) is 0 Å². The molecule has 4 rings (SSSR count). The first-order chi connectivity index (χ1) is 14.8. The van der Waals surface area contributed by atoms with Gasteiger partial charge in [0.05, 0.1) is 0 Å². The van der Waals surface area contributed by atoms with E-state index in [0.29, 0.717) is 0 Å². The minimum Gasteiger partial charge on any atom is -1.00 e. The van der Waals surface area contributed by atoms with Gasteiger partial charge < -0.3 is 24.8 Å². The van der Waals surface area contributed by atoms with Crippen LogP contribution in [-0.4, -0.2) is 0 Å². The topological polar surface area (TPSA) is 0 Å². The van der Waals surface area contributed by atoms with Gasteiger partial charge in [-0.2, -0.15) is 46.5 Å². The molecule has 0 spiro atoms. The van der Waals surface area contributed by atoms with Gasteiger partial charge in [0.15, 0.2) is 0 Å². The van der Waals surface area contributed by atoms with Crippen LogP contribution in [0.15, 0.2) is 97.1 Å². The molecule has 0 atom stereocenters. The van der Waals surface area contributed by atoms with E-state index in [9.17, 15) is 0 Å². The second kappa shape index (κ2) is 18.0. The van der Waals surface area contributed by atoms with Crippen LogP contribution in [0.25, 0.3) is 22.3 Å². The summed E-state index contributed by atoms with van der Waals surface area (Å²) in [4.78, 5) is 0. The van der Waals surface area contributed by atoms with Gasteiger partial charge in [-0.3, -0.25) is 0 Å². The minimum absolute atomic E-state index is 0. The first kappa shape index (κ1) is 31.6. The minimum atomic E-state index is 0. The van der Waals surface area contributed by atoms with E-state index in [0.717, 1.165) is 0 Å². The molecule has 0 saturated heterocycles. The molecule has 3 heteroatoms. The first-order valence-corrected chi connectivity index (χ1v) is 11.4. The molecule has 0 aliphatic rings. The van der Waals surface area contributed by atoms with E-state index in [1.807, 2.05) is 0 Å². The summed E-state index contributed by atoms with van der Waals surface area (Å²) in [5.74, 6) is 0. The number of hydrogen-bond acceptors (Lipinski definition) is 0. The van der Waals surface area contributed by atoms with Crippen LogP contribution in [0.2, 0.25) is 0 Å². The fourth-order valence-electron chi connectivity index (χ4n) is 3.68. The maximum Gasteiger partial charge on any atom is 4.00 e. The van der Waals surface area contributed by atoms with Gasteiger partial charge in [-0.15, -0.1) is 0 Å². The molecular formula is C30H34Cl2Zr. The molecule has 33 heavy (non-hydrogen) atoms. The molecule has 0 fully saturated rings. The average Bonchev–Trinajstić information content (AvgIpc) is 3.48. The number of unbranched alkanes of at least 4 members (excludes halogenated alkanes) is 2. The van der Waals surface area contributed by atoms with Crippen LogP contribution in [0.3, 0.4) is 0 Å². The van der Waals surface area contributed by atoms with E-state index in [1.165, 1.54) is 71.9 Å². The zero-order chi connectivity index (χ0) is 21.0. The Hall–Kier alpha value is -1.40. The van der Waals surface area contributed by atoms with Crippen LogP contribution in [0.4, 0.5) is 0 Å². The Morgan fingerprint density at radius 2 is 0.879 bits per heavy atom. The van der Waals surface area contributed by atoms with Gasteiger partial charge in [0.25, 0.3) is 0 Å². The van der Waals surface area contributed by atoms with Gasteiger partial charge in [-0.25, -0.2) is 12.1 Å². The maximum atomic E-state index is 2.31. The number of rotatable bonds is 8. The normalized spacial score (nSPS) is 9.52. The molecule has 172 valence electrons. The second-order valence-electron chi connectivity index (χ2n) is 7.96. The summed E-state index contributed by atoms with van der Waals surface area (Å²) in [5.41, 5.74) is 8.27. The molecule has 0 radical (unpaired) electrons. The Balaban J connectivity index is 0.000000569. The molecule has 0 aliphatic carbocycles. The van der Waals surface area contributed by atoms with Crippen molar-refractivity contribution < 1.29 is 51.0 Å². The summed E-state index contributed by atoms with van der Waals surface area (Å²) in [7, 11) is 0. The van der Waals surface area contributed by atoms with Gasteiger partial charge in [0, 0.05) is 0 Å². The summed E-state index contributed by atoms with van der Waals surface area (Å²) in [6.07, 6.45) is 7.54. The maximum absolute atomic E-state index is 2.31. The van der Waals surface area contributed by atoms with E-state index >= 15 is 0 Å². The molecule has 0 amide bonds. The van der Waals surface area contributed by atoms with E-state index in [2.05, 4.69) is 111 Å². The Morgan fingerprint density at radius 1 is 0.515 bits per heavy atom. The fourth-order valence-corrected chi connectivity index (χ4v) is 3.68. The van der Waals surface area contributed by atoms with E-state index in [-0.39, 0.29) is 51.0 Å². The van der Waals surface area contributed by atoms with Crippen molar-refractivity contribution in [2.45, 2.75) is 52.4 Å². The largest absolute Gasteiger partial charge is 4.00 e. The molecule has 0 N–H and O–H groups in total. The van der Waals surface area contributed by atoms with E-state index in [1.54, 1.807) is 0 Å². The molecule has 0 saturated carbocycles. The molecule has 4 aromatic rings. The van der Waals surface area contributed by atoms with Crippen molar-refractivity contribution in [1.82, 2.24) is 0 Å². The molecule has 0 aromatic heterocycles. The fraction of sp³-hybridized carbons (Fsp3) is 0.267. The predicted octanol–water partition coefficient (Wildman–Crippen LogP) is 2.84. The van der Waals surface area contributed by atoms with Gasteiger partial charge >= 0.3 is 26.2 Å². The van der Waals surface area contributed by atoms with Gasteiger partial charge in [-0.1, -0.05) is 124 Å². The third kappa shape index (κ3) is 10.6. The molecule has 0 aliphatic heterocycles. The van der Waals surface area contributed by atoms with Crippen molar-refractivity contribution >= 4 is 0 Å². The molecule has 0 nitrogen and oxygen atoms in total. The summed E-state index contributed by atoms with van der Waals surface area (Å²) in [5, 5.41) is 0. The van der Waals surface area contributed by atoms with Gasteiger partial charge in [0.1, 0.15) is 0 Å². The SMILES string of the molecule is CCCC[c-]1ccc(-c2ccccc2)c1.CCCC[c-]1ccc(-c2ccccc2)c1.[Cl-].[Cl-].[Zr+4]. The van der Waals surface area contributed by atoms with Crippen molar-refractivity contribution in [2.75, 3.05) is 0 Å². The zero-order valence-electron chi connectivity index (χ0n) is 19.7. The third-order valence-electron chi connectivity index (χ3n) is 5.49. The third-order valence-corrected chi connectivity index (χ3v) is 5.49. The number of hydrogen-bond donors (Lipinski definition) is 0. The van der Waals surface area contributed by atoms with E-state index < -0.39 is 0 Å². The van der Waals surface area contributed by atoms with Crippen LogP contribution in [0, 0.1) is 0 Å². The summed E-state index contributed by atoms with van der Waals surface area (Å²) in [6, 6.07) is 34.7. The van der Waals surface area contributed by atoms with Crippen LogP contribution >= 0.6 is 0 Å². The molecule has 4 aromatic carbocycles. The van der Waals surface area contributed by atoms with Crippen LogP contribution in [0.1, 0.15) is 50.7 Å². The average molecular weight is 557 g/mol. The van der Waals surface area contributed by atoms with Crippen LogP contribution < -0.4 is 24.8 Å². The van der Waals surface area contributed by atoms with Crippen LogP contribution in [-0.2, 0) is 39.0 Å². The summed E-state index contributed by atoms with van der Waals surface area (Å²) in [6.45, 7) is 4.47. The first-order valence-electron chi connectivity index (χ1n) is 11.4. The van der Waals surface area contributed by atoms with Crippen molar-refractivity contribution in [3.63, 3.8) is 0 Å². The van der Waals surface area contributed by atoms with Crippen molar-refractivity contribution in [3.05, 3.63) is 108 Å². The second-order valence-corrected chi connectivity index (χ2v) is 7.96. The number of halogens is 2. The zero-order valence-corrected chi connectivity index (χ0v) is 23.7. The number of benzene rings is 2. The van der Waals surface area contributed by atoms with Gasteiger partial charge in [0.2, 0.25) is 0 Å². The standard InChI is InChI=1S/2C15H17.2ClH.Zr/c2*1-2-3-7-13-10-11-15(12-13)14-8-5-4-6-9-14;;;/h2*4-6,8-12H,2-3,7H2,1H3;2*1H;/q2*-1;;;+4/p-2. The number of aryl methyl sites for hydroxylation is 2. The smallest absolute Gasteiger partial charge is 1.00 e. The molecular weight excluding hydrogens is 522 g/mol. The molecule has 0 bridgehead atoms. The quantitative estimate of drug-likeness (QED) is 0.293. The van der Waals surface area contributed by atoms with Crippen molar-refractivity contribution in [2.24, 2.45) is 0 Å². The molecule has 0 unspecified atom stereocenters. The monoisotopic (exact) mass is 554 g/mol. The summed E-state index contributed by atoms with van der Waals surface area (Å²) < 4.78 is 0. The van der Waals surface area contributed by atoms with Crippen molar-refractivity contribution in [3.8, 4) is 22.3 Å². The predicted molar refractivity (Wildman–Crippen MR) is 132 cm³/mol. The van der Waals surface area contributed by atoms with Gasteiger partial charge in [-0.05, 0) is 0 Å². The van der Waals surface area contributed by atoms with E-state index in [4.69, 9.17) is 0 Å². The van der Waals surface area contributed by atoms with Crippen molar-refractivity contribution in [1.29, 1.82) is 0 Å². The summed E-state index contributed by atoms with van der Waals surface area (Å²) >= 11 is 0. The Labute approximate surface area is 232 Å².